The molecule has 1 aliphatic heterocycles. The summed E-state index contributed by atoms with van der Waals surface area (Å²) >= 11 is 0. The van der Waals surface area contributed by atoms with E-state index in [1.54, 1.807) is 30.0 Å². The molecule has 0 saturated carbocycles. The second-order valence-electron chi connectivity index (χ2n) is 4.96. The summed E-state index contributed by atoms with van der Waals surface area (Å²) in [5.41, 5.74) is 1.96. The third kappa shape index (κ3) is 2.33. The molecule has 1 atom stereocenters. The lowest BCUT2D eigenvalue weighted by Gasteiger charge is -2.30. The molecule has 1 N–H and O–H groups in total. The SMILES string of the molecule is Cc1nc2ccc(C(=O)N3CCCC(O)C3)cc2o1. The van der Waals surface area contributed by atoms with Crippen molar-refractivity contribution in [3.63, 3.8) is 0 Å². The minimum absolute atomic E-state index is 0.0605. The lowest BCUT2D eigenvalue weighted by atomic mass is 10.1. The fourth-order valence-electron chi connectivity index (χ4n) is 2.49. The Hall–Kier alpha value is -1.88. The first kappa shape index (κ1) is 12.2. The molecular weight excluding hydrogens is 244 g/mol. The lowest BCUT2D eigenvalue weighted by molar-refractivity contribution is 0.0474. The number of rotatable bonds is 1. The molecule has 5 heteroatoms. The van der Waals surface area contributed by atoms with E-state index in [9.17, 15) is 9.90 Å². The number of fused-ring (bicyclic) bond motifs is 1. The summed E-state index contributed by atoms with van der Waals surface area (Å²) in [5, 5.41) is 9.63. The van der Waals surface area contributed by atoms with Crippen molar-refractivity contribution < 1.29 is 14.3 Å². The van der Waals surface area contributed by atoms with E-state index in [4.69, 9.17) is 4.42 Å². The van der Waals surface area contributed by atoms with Crippen LogP contribution < -0.4 is 0 Å². The minimum Gasteiger partial charge on any atom is -0.441 e. The van der Waals surface area contributed by atoms with E-state index in [0.717, 1.165) is 18.4 Å². The first-order valence-electron chi connectivity index (χ1n) is 6.48. The number of aryl methyl sites for hydroxylation is 1. The summed E-state index contributed by atoms with van der Waals surface area (Å²) in [5.74, 6) is 0.530. The number of oxazole rings is 1. The van der Waals surface area contributed by atoms with Gasteiger partial charge in [0.15, 0.2) is 11.5 Å². The molecule has 0 radical (unpaired) electrons. The molecule has 1 aliphatic rings. The van der Waals surface area contributed by atoms with Crippen LogP contribution in [0.1, 0.15) is 29.1 Å². The number of benzene rings is 1. The van der Waals surface area contributed by atoms with Crippen molar-refractivity contribution in [1.29, 1.82) is 0 Å². The zero-order valence-electron chi connectivity index (χ0n) is 10.8. The Labute approximate surface area is 110 Å². The lowest BCUT2D eigenvalue weighted by Crippen LogP contribution is -2.42. The van der Waals surface area contributed by atoms with E-state index in [0.29, 0.717) is 30.1 Å². The van der Waals surface area contributed by atoms with Crippen LogP contribution in [0.25, 0.3) is 11.1 Å². The van der Waals surface area contributed by atoms with Crippen LogP contribution in [0.3, 0.4) is 0 Å². The number of piperidine rings is 1. The Kier molecular flexibility index (Phi) is 2.98. The molecule has 1 unspecified atom stereocenters. The molecule has 1 saturated heterocycles. The Morgan fingerprint density at radius 3 is 3.16 bits per heavy atom. The molecule has 1 amide bonds. The zero-order chi connectivity index (χ0) is 13.4. The zero-order valence-corrected chi connectivity index (χ0v) is 10.8. The van der Waals surface area contributed by atoms with Crippen LogP contribution in [0.4, 0.5) is 0 Å². The first-order valence-corrected chi connectivity index (χ1v) is 6.48. The molecule has 19 heavy (non-hydrogen) atoms. The van der Waals surface area contributed by atoms with Gasteiger partial charge in [-0.25, -0.2) is 4.98 Å². The predicted octanol–water partition coefficient (Wildman–Crippen LogP) is 1.73. The number of aromatic nitrogens is 1. The summed E-state index contributed by atoms with van der Waals surface area (Å²) in [4.78, 5) is 18.2. The van der Waals surface area contributed by atoms with Gasteiger partial charge in [-0.05, 0) is 31.0 Å². The Morgan fingerprint density at radius 1 is 1.53 bits per heavy atom. The van der Waals surface area contributed by atoms with Gasteiger partial charge in [0.1, 0.15) is 5.52 Å². The van der Waals surface area contributed by atoms with Crippen LogP contribution in [-0.2, 0) is 0 Å². The van der Waals surface area contributed by atoms with E-state index in [-0.39, 0.29) is 5.91 Å². The number of β-amino-alcohol motifs (C(OH)–C–C–N with tert-alkyl or cyclic N) is 1. The number of aliphatic hydroxyl groups is 1. The maximum Gasteiger partial charge on any atom is 0.254 e. The van der Waals surface area contributed by atoms with Gasteiger partial charge in [-0.15, -0.1) is 0 Å². The fraction of sp³-hybridized carbons (Fsp3) is 0.429. The highest BCUT2D eigenvalue weighted by Gasteiger charge is 2.23. The van der Waals surface area contributed by atoms with Gasteiger partial charge in [-0.2, -0.15) is 0 Å². The van der Waals surface area contributed by atoms with Gasteiger partial charge < -0.3 is 14.4 Å². The molecule has 1 aromatic carbocycles. The van der Waals surface area contributed by atoms with Gasteiger partial charge in [0.05, 0.1) is 6.10 Å². The van der Waals surface area contributed by atoms with Crippen molar-refractivity contribution >= 4 is 17.0 Å². The summed E-state index contributed by atoms with van der Waals surface area (Å²) in [6.07, 6.45) is 1.20. The second kappa shape index (κ2) is 4.66. The number of hydrogen-bond acceptors (Lipinski definition) is 4. The number of carbonyl (C=O) groups excluding carboxylic acids is 1. The van der Waals surface area contributed by atoms with Crippen LogP contribution in [0.15, 0.2) is 22.6 Å². The monoisotopic (exact) mass is 260 g/mol. The van der Waals surface area contributed by atoms with Crippen LogP contribution in [0, 0.1) is 6.92 Å². The van der Waals surface area contributed by atoms with E-state index < -0.39 is 6.10 Å². The van der Waals surface area contributed by atoms with Crippen molar-refractivity contribution in [2.24, 2.45) is 0 Å². The number of aliphatic hydroxyl groups excluding tert-OH is 1. The molecule has 0 bridgehead atoms. The first-order chi connectivity index (χ1) is 9.13. The van der Waals surface area contributed by atoms with Gasteiger partial charge in [0, 0.05) is 25.6 Å². The highest BCUT2D eigenvalue weighted by molar-refractivity contribution is 5.97. The molecule has 0 spiro atoms. The fourth-order valence-corrected chi connectivity index (χ4v) is 2.49. The van der Waals surface area contributed by atoms with Crippen LogP contribution in [0.2, 0.25) is 0 Å². The number of hydrogen-bond donors (Lipinski definition) is 1. The standard InChI is InChI=1S/C14H16N2O3/c1-9-15-12-5-4-10(7-13(12)19-9)14(18)16-6-2-3-11(17)8-16/h4-5,7,11,17H,2-3,6,8H2,1H3. The summed E-state index contributed by atoms with van der Waals surface area (Å²) in [6.45, 7) is 2.89. The molecule has 1 aromatic heterocycles. The van der Waals surface area contributed by atoms with Crippen molar-refractivity contribution in [3.05, 3.63) is 29.7 Å². The van der Waals surface area contributed by atoms with Crippen molar-refractivity contribution in [1.82, 2.24) is 9.88 Å². The molecule has 2 heterocycles. The van der Waals surface area contributed by atoms with Crippen LogP contribution >= 0.6 is 0 Å². The Bertz CT molecular complexity index is 620. The van der Waals surface area contributed by atoms with Gasteiger partial charge in [-0.3, -0.25) is 4.79 Å². The summed E-state index contributed by atoms with van der Waals surface area (Å²) in [6, 6.07) is 5.27. The van der Waals surface area contributed by atoms with Gasteiger partial charge in [-0.1, -0.05) is 0 Å². The molecule has 3 rings (SSSR count). The maximum absolute atomic E-state index is 12.3. The van der Waals surface area contributed by atoms with Gasteiger partial charge in [0.25, 0.3) is 5.91 Å². The molecule has 2 aromatic rings. The van der Waals surface area contributed by atoms with Crippen LogP contribution in [-0.4, -0.2) is 40.1 Å². The van der Waals surface area contributed by atoms with Crippen molar-refractivity contribution in [2.45, 2.75) is 25.9 Å². The highest BCUT2D eigenvalue weighted by Crippen LogP contribution is 2.19. The molecule has 5 nitrogen and oxygen atoms in total. The Morgan fingerprint density at radius 2 is 2.37 bits per heavy atom. The van der Waals surface area contributed by atoms with Crippen molar-refractivity contribution in [2.75, 3.05) is 13.1 Å². The second-order valence-corrected chi connectivity index (χ2v) is 4.96. The average Bonchev–Trinajstić information content (AvgIpc) is 2.76. The molecule has 1 fully saturated rings. The number of carbonyl (C=O) groups is 1. The smallest absolute Gasteiger partial charge is 0.254 e. The minimum atomic E-state index is -0.408. The molecule has 100 valence electrons. The van der Waals surface area contributed by atoms with E-state index in [1.165, 1.54) is 0 Å². The number of amides is 1. The number of likely N-dealkylation sites (tertiary alicyclic amines) is 1. The van der Waals surface area contributed by atoms with Gasteiger partial charge >= 0.3 is 0 Å². The highest BCUT2D eigenvalue weighted by atomic mass is 16.3. The molecular formula is C14H16N2O3. The van der Waals surface area contributed by atoms with E-state index >= 15 is 0 Å². The topological polar surface area (TPSA) is 66.6 Å². The maximum atomic E-state index is 12.3. The Balaban J connectivity index is 1.88. The van der Waals surface area contributed by atoms with Crippen LogP contribution in [0.5, 0.6) is 0 Å². The predicted molar refractivity (Wildman–Crippen MR) is 69.9 cm³/mol. The average molecular weight is 260 g/mol. The largest absolute Gasteiger partial charge is 0.441 e. The van der Waals surface area contributed by atoms with Gasteiger partial charge in [0.2, 0.25) is 0 Å². The summed E-state index contributed by atoms with van der Waals surface area (Å²) in [7, 11) is 0. The molecule has 0 aliphatic carbocycles. The van der Waals surface area contributed by atoms with E-state index in [1.807, 2.05) is 0 Å². The van der Waals surface area contributed by atoms with E-state index in [2.05, 4.69) is 4.98 Å². The van der Waals surface area contributed by atoms with Crippen molar-refractivity contribution in [3.8, 4) is 0 Å². The third-order valence-electron chi connectivity index (χ3n) is 3.43. The number of nitrogens with zero attached hydrogens (tertiary/aromatic N) is 2. The third-order valence-corrected chi connectivity index (χ3v) is 3.43. The summed E-state index contributed by atoms with van der Waals surface area (Å²) < 4.78 is 5.44. The quantitative estimate of drug-likeness (QED) is 0.848. The normalized spacial score (nSPS) is 19.9.